The minimum Gasteiger partial charge on any atom is -0.462 e. The summed E-state index contributed by atoms with van der Waals surface area (Å²) in [6.45, 7) is 2.05. The highest BCUT2D eigenvalue weighted by Gasteiger charge is 2.53. The first-order valence-electron chi connectivity index (χ1n) is 11.2. The largest absolute Gasteiger partial charge is 0.462 e. The molecule has 2 aromatic rings. The third-order valence-electron chi connectivity index (χ3n) is 7.51. The van der Waals surface area contributed by atoms with Crippen molar-refractivity contribution in [3.63, 3.8) is 0 Å². The van der Waals surface area contributed by atoms with Crippen LogP contribution in [0.4, 0.5) is 4.39 Å². The van der Waals surface area contributed by atoms with Gasteiger partial charge in [-0.1, -0.05) is 43.5 Å². The Kier molecular flexibility index (Phi) is 5.18. The van der Waals surface area contributed by atoms with Crippen molar-refractivity contribution in [3.05, 3.63) is 60.2 Å². The van der Waals surface area contributed by atoms with Crippen LogP contribution in [0, 0.1) is 35.4 Å². The summed E-state index contributed by atoms with van der Waals surface area (Å²) in [6, 6.07) is 10.5. The van der Waals surface area contributed by atoms with Gasteiger partial charge in [-0.15, -0.1) is 0 Å². The minimum atomic E-state index is -0.243. The molecule has 0 amide bonds. The average Bonchev–Trinajstić information content (AvgIpc) is 3.05. The summed E-state index contributed by atoms with van der Waals surface area (Å²) in [5.41, 5.74) is 2.62. The molecule has 2 saturated carbocycles. The maximum Gasteiger partial charge on any atom is 0.309 e. The van der Waals surface area contributed by atoms with E-state index in [1.54, 1.807) is 12.3 Å². The monoisotopic (exact) mass is 405 g/mol. The molecule has 156 valence electrons. The van der Waals surface area contributed by atoms with Crippen LogP contribution < -0.4 is 0 Å². The summed E-state index contributed by atoms with van der Waals surface area (Å²) in [7, 11) is 0. The van der Waals surface area contributed by atoms with Gasteiger partial charge in [0.25, 0.3) is 0 Å². The summed E-state index contributed by atoms with van der Waals surface area (Å²) in [6.07, 6.45) is 12.2. The van der Waals surface area contributed by atoms with Gasteiger partial charge >= 0.3 is 5.97 Å². The predicted molar refractivity (Wildman–Crippen MR) is 115 cm³/mol. The molecule has 1 saturated heterocycles. The highest BCUT2D eigenvalue weighted by atomic mass is 19.1. The second kappa shape index (κ2) is 7.98. The van der Waals surface area contributed by atoms with Crippen molar-refractivity contribution in [1.82, 2.24) is 4.98 Å². The van der Waals surface area contributed by atoms with Crippen molar-refractivity contribution in [3.8, 4) is 11.1 Å². The summed E-state index contributed by atoms with van der Waals surface area (Å²) in [4.78, 5) is 17.0. The quantitative estimate of drug-likeness (QED) is 0.597. The fraction of sp³-hybridized carbons (Fsp3) is 0.462. The lowest BCUT2D eigenvalue weighted by Crippen LogP contribution is -2.42. The van der Waals surface area contributed by atoms with E-state index < -0.39 is 0 Å². The Hall–Kier alpha value is -2.49. The Balaban J connectivity index is 1.39. The molecule has 2 unspecified atom stereocenters. The molecule has 2 aliphatic carbocycles. The zero-order valence-electron chi connectivity index (χ0n) is 17.3. The van der Waals surface area contributed by atoms with Crippen molar-refractivity contribution in [2.24, 2.45) is 29.6 Å². The number of rotatable bonds is 3. The average molecular weight is 406 g/mol. The number of benzene rings is 1. The number of hydrogen-bond acceptors (Lipinski definition) is 3. The van der Waals surface area contributed by atoms with E-state index in [4.69, 9.17) is 4.74 Å². The summed E-state index contributed by atoms with van der Waals surface area (Å²) in [5.74, 6) is 1.73. The van der Waals surface area contributed by atoms with E-state index in [1.807, 2.05) is 18.2 Å². The third kappa shape index (κ3) is 3.57. The molecule has 30 heavy (non-hydrogen) atoms. The first-order valence-corrected chi connectivity index (χ1v) is 11.2. The van der Waals surface area contributed by atoms with Gasteiger partial charge in [-0.2, -0.15) is 0 Å². The van der Waals surface area contributed by atoms with Gasteiger partial charge in [0.1, 0.15) is 11.9 Å². The number of carbonyl (C=O) groups is 1. The SMILES string of the molecule is CC1OC(=O)[C@@H]2C[C@H]3CCCC[C@H]3[C@H](/C=C/c3ccc(-c4cccc(F)c4)cn3)C12. The number of fused-ring (bicyclic) bond motifs is 2. The summed E-state index contributed by atoms with van der Waals surface area (Å²) >= 11 is 0. The minimum absolute atomic E-state index is 0.00694. The Morgan fingerprint density at radius 2 is 2.00 bits per heavy atom. The highest BCUT2D eigenvalue weighted by molar-refractivity contribution is 5.75. The van der Waals surface area contributed by atoms with Crippen LogP contribution in [0.3, 0.4) is 0 Å². The second-order valence-electron chi connectivity index (χ2n) is 9.19. The molecule has 3 nitrogen and oxygen atoms in total. The molecular formula is C26H28FNO2. The number of allylic oxidation sites excluding steroid dienone is 1. The van der Waals surface area contributed by atoms with Gasteiger partial charge in [-0.05, 0) is 67.4 Å². The zero-order chi connectivity index (χ0) is 20.7. The van der Waals surface area contributed by atoms with Gasteiger partial charge in [-0.3, -0.25) is 9.78 Å². The molecular weight excluding hydrogens is 377 g/mol. The molecule has 0 spiro atoms. The molecule has 2 heterocycles. The number of carbonyl (C=O) groups excluding carboxylic acids is 1. The van der Waals surface area contributed by atoms with Crippen molar-refractivity contribution < 1.29 is 13.9 Å². The highest BCUT2D eigenvalue weighted by Crippen LogP contribution is 2.53. The van der Waals surface area contributed by atoms with E-state index in [2.05, 4.69) is 24.1 Å². The Morgan fingerprint density at radius 1 is 1.13 bits per heavy atom. The van der Waals surface area contributed by atoms with Crippen molar-refractivity contribution in [2.45, 2.75) is 45.1 Å². The Labute approximate surface area is 177 Å². The topological polar surface area (TPSA) is 39.2 Å². The number of hydrogen-bond donors (Lipinski definition) is 0. The van der Waals surface area contributed by atoms with Gasteiger partial charge < -0.3 is 4.74 Å². The van der Waals surface area contributed by atoms with Gasteiger partial charge in [0, 0.05) is 17.7 Å². The lowest BCUT2D eigenvalue weighted by molar-refractivity contribution is -0.144. The predicted octanol–water partition coefficient (Wildman–Crippen LogP) is 5.90. The van der Waals surface area contributed by atoms with E-state index in [0.717, 1.165) is 23.2 Å². The van der Waals surface area contributed by atoms with Crippen molar-refractivity contribution >= 4 is 12.0 Å². The lowest BCUT2D eigenvalue weighted by atomic mass is 9.57. The zero-order valence-corrected chi connectivity index (χ0v) is 17.3. The number of cyclic esters (lactones) is 1. The van der Waals surface area contributed by atoms with Crippen LogP contribution >= 0.6 is 0 Å². The van der Waals surface area contributed by atoms with Gasteiger partial charge in [0.15, 0.2) is 0 Å². The molecule has 0 bridgehead atoms. The van der Waals surface area contributed by atoms with E-state index in [9.17, 15) is 9.18 Å². The lowest BCUT2D eigenvalue weighted by Gasteiger charge is -2.45. The molecule has 3 aliphatic rings. The van der Waals surface area contributed by atoms with Crippen LogP contribution in [-0.4, -0.2) is 17.1 Å². The van der Waals surface area contributed by atoms with Crippen LogP contribution in [0.5, 0.6) is 0 Å². The maximum atomic E-state index is 13.5. The number of esters is 1. The van der Waals surface area contributed by atoms with Gasteiger partial charge in [0.2, 0.25) is 0 Å². The maximum absolute atomic E-state index is 13.5. The molecule has 1 aliphatic heterocycles. The van der Waals surface area contributed by atoms with E-state index in [0.29, 0.717) is 17.8 Å². The summed E-state index contributed by atoms with van der Waals surface area (Å²) < 4.78 is 19.1. The van der Waals surface area contributed by atoms with Crippen LogP contribution in [0.1, 0.15) is 44.7 Å². The Bertz CT molecular complexity index is 954. The first-order chi connectivity index (χ1) is 14.6. The van der Waals surface area contributed by atoms with E-state index in [-0.39, 0.29) is 29.7 Å². The smallest absolute Gasteiger partial charge is 0.309 e. The molecule has 0 radical (unpaired) electrons. The number of halogens is 1. The molecule has 5 rings (SSSR count). The molecule has 4 heteroatoms. The second-order valence-corrected chi connectivity index (χ2v) is 9.19. The van der Waals surface area contributed by atoms with Crippen LogP contribution in [0.25, 0.3) is 17.2 Å². The number of pyridine rings is 1. The van der Waals surface area contributed by atoms with Crippen LogP contribution in [0.2, 0.25) is 0 Å². The molecule has 3 fully saturated rings. The molecule has 0 N–H and O–H groups in total. The van der Waals surface area contributed by atoms with Crippen molar-refractivity contribution in [2.75, 3.05) is 0 Å². The number of nitrogens with zero attached hydrogens (tertiary/aromatic N) is 1. The third-order valence-corrected chi connectivity index (χ3v) is 7.51. The van der Waals surface area contributed by atoms with Crippen molar-refractivity contribution in [1.29, 1.82) is 0 Å². The van der Waals surface area contributed by atoms with Gasteiger partial charge in [-0.25, -0.2) is 4.39 Å². The standard InChI is InChI=1S/C26H28FNO2/c1-16-25-23(22-8-3-2-5-18(22)14-24(25)26(29)30-16)12-11-21-10-9-19(15-28-21)17-6-4-7-20(27)13-17/h4,6-7,9-13,15-16,18,22-25H,2-3,5,8,14H2,1H3/b12-11+/t16?,18-,22-,23+,24-,25?/m1/s1. The summed E-state index contributed by atoms with van der Waals surface area (Å²) in [5, 5.41) is 0. The fourth-order valence-corrected chi connectivity index (χ4v) is 6.14. The van der Waals surface area contributed by atoms with Crippen LogP contribution in [0.15, 0.2) is 48.7 Å². The molecule has 6 atom stereocenters. The molecule has 1 aromatic carbocycles. The fourth-order valence-electron chi connectivity index (χ4n) is 6.14. The van der Waals surface area contributed by atoms with E-state index >= 15 is 0 Å². The van der Waals surface area contributed by atoms with Crippen LogP contribution in [-0.2, 0) is 9.53 Å². The normalized spacial score (nSPS) is 33.2. The number of ether oxygens (including phenoxy) is 1. The first kappa shape index (κ1) is 19.5. The number of aromatic nitrogens is 1. The van der Waals surface area contributed by atoms with E-state index in [1.165, 1.54) is 37.8 Å². The Morgan fingerprint density at radius 3 is 2.80 bits per heavy atom. The van der Waals surface area contributed by atoms with Gasteiger partial charge in [0.05, 0.1) is 11.6 Å². The molecule has 1 aromatic heterocycles.